The average molecular weight is 902 g/mol. The molecule has 3 heterocycles. The number of aromatic nitrogens is 2. The number of para-hydroxylation sites is 2. The molecule has 61 heavy (non-hydrogen) atoms. The molecule has 0 bridgehead atoms. The molecule has 1 aliphatic heterocycles. The summed E-state index contributed by atoms with van der Waals surface area (Å²) in [5.41, 5.74) is 10.1. The van der Waals surface area contributed by atoms with E-state index in [1.54, 1.807) is 0 Å². The number of halogens is 2. The van der Waals surface area contributed by atoms with E-state index in [1.165, 1.54) is 0 Å². The van der Waals surface area contributed by atoms with Crippen LogP contribution in [0, 0.1) is 13.8 Å². The molecular weight excluding hydrogens is 852 g/mol. The number of benzene rings is 5. The molecular formula is C50H50BrClN4O5. The van der Waals surface area contributed by atoms with Crippen molar-refractivity contribution in [3.05, 3.63) is 158 Å². The second kappa shape index (κ2) is 19.1. The van der Waals surface area contributed by atoms with Crippen molar-refractivity contribution in [2.24, 2.45) is 0 Å². The van der Waals surface area contributed by atoms with Gasteiger partial charge in [-0.05, 0) is 109 Å². The van der Waals surface area contributed by atoms with Gasteiger partial charge in [-0.2, -0.15) is 0 Å². The van der Waals surface area contributed by atoms with Gasteiger partial charge >= 0.3 is 5.97 Å². The van der Waals surface area contributed by atoms with Gasteiger partial charge in [-0.25, -0.2) is 4.79 Å². The van der Waals surface area contributed by atoms with Crippen LogP contribution in [0.15, 0.2) is 114 Å². The average Bonchev–Trinajstić information content (AvgIpc) is 3.79. The highest BCUT2D eigenvalue weighted by Gasteiger charge is 2.26. The smallest absolute Gasteiger partial charge is 0.352 e. The van der Waals surface area contributed by atoms with Crippen molar-refractivity contribution in [2.45, 2.75) is 46.2 Å². The second-order valence-electron chi connectivity index (χ2n) is 15.7. The van der Waals surface area contributed by atoms with Crippen molar-refractivity contribution in [1.82, 2.24) is 19.4 Å². The molecule has 11 heteroatoms. The van der Waals surface area contributed by atoms with Gasteiger partial charge in [-0.15, -0.1) is 0 Å². The highest BCUT2D eigenvalue weighted by Crippen LogP contribution is 2.38. The number of morpholine rings is 1. The van der Waals surface area contributed by atoms with E-state index < -0.39 is 5.97 Å². The van der Waals surface area contributed by atoms with Gasteiger partial charge in [0.15, 0.2) is 0 Å². The first-order valence-electron chi connectivity index (χ1n) is 20.9. The number of fused-ring (bicyclic) bond motifs is 2. The molecule has 1 fully saturated rings. The number of carbonyl (C=O) groups is 2. The Bertz CT molecular complexity index is 2680. The summed E-state index contributed by atoms with van der Waals surface area (Å²) in [6, 6.07) is 34.4. The van der Waals surface area contributed by atoms with Gasteiger partial charge in [0, 0.05) is 82.4 Å². The molecule has 2 N–H and O–H groups in total. The number of hydrogen-bond donors (Lipinski definition) is 2. The summed E-state index contributed by atoms with van der Waals surface area (Å²) < 4.78 is 17.1. The molecule has 5 aromatic carbocycles. The fourth-order valence-corrected chi connectivity index (χ4v) is 9.06. The summed E-state index contributed by atoms with van der Waals surface area (Å²) in [7, 11) is 0. The van der Waals surface area contributed by atoms with Crippen molar-refractivity contribution in [3.63, 3.8) is 0 Å². The fourth-order valence-electron chi connectivity index (χ4n) is 8.68. The predicted octanol–water partition coefficient (Wildman–Crippen LogP) is 10.4. The zero-order valence-corrected chi connectivity index (χ0v) is 36.9. The Balaban J connectivity index is 1.11. The molecule has 0 spiro atoms. The number of nitrogens with zero attached hydrogens (tertiary/aromatic N) is 3. The molecule has 0 aliphatic carbocycles. The Morgan fingerprint density at radius 1 is 0.836 bits per heavy atom. The van der Waals surface area contributed by atoms with E-state index >= 15 is 0 Å². The van der Waals surface area contributed by atoms with Crippen LogP contribution in [0.1, 0.15) is 55.1 Å². The third-order valence-electron chi connectivity index (χ3n) is 11.7. The Hall–Kier alpha value is -5.39. The second-order valence-corrected chi connectivity index (χ2v) is 17.0. The molecule has 2 aromatic heterocycles. The van der Waals surface area contributed by atoms with Gasteiger partial charge in [0.2, 0.25) is 0 Å². The van der Waals surface area contributed by atoms with Gasteiger partial charge < -0.3 is 29.0 Å². The normalized spacial score (nSPS) is 13.2. The zero-order valence-electron chi connectivity index (χ0n) is 34.6. The summed E-state index contributed by atoms with van der Waals surface area (Å²) in [5, 5.41) is 16.9. The summed E-state index contributed by atoms with van der Waals surface area (Å²) in [5.74, 6) is -0.271. The highest BCUT2D eigenvalue weighted by molar-refractivity contribution is 9.10. The lowest BCUT2D eigenvalue weighted by atomic mass is 9.96. The standard InChI is InChI=1S/C50H50BrClN4O5/c1-33-29-39(30-34(2)46(33)52)61-26-8-14-44-43-13-7-12-42(47(43)56(48(44)50(58)59)23-22-54-24-27-60-28-25-54)40-10-4-3-9-36(40)31-55-32-37(41-11-5-6-15-45(41)55)20-21-53-49(57)35-16-18-38(51)19-17-35/h3-7,9-13,15-19,29-30,32H,8,14,20-28,31H2,1-2H3,(H,53,57)(H,58,59). The number of carboxylic acids is 1. The van der Waals surface area contributed by atoms with Crippen LogP contribution in [0.2, 0.25) is 5.02 Å². The summed E-state index contributed by atoms with van der Waals surface area (Å²) >= 11 is 9.85. The first-order chi connectivity index (χ1) is 29.7. The van der Waals surface area contributed by atoms with E-state index in [1.807, 2.05) is 54.8 Å². The van der Waals surface area contributed by atoms with Crippen LogP contribution < -0.4 is 10.1 Å². The van der Waals surface area contributed by atoms with Crippen LogP contribution in [0.5, 0.6) is 5.75 Å². The number of rotatable bonds is 16. The van der Waals surface area contributed by atoms with Crippen LogP contribution in [0.25, 0.3) is 32.9 Å². The number of hydrogen-bond acceptors (Lipinski definition) is 5. The Morgan fingerprint density at radius 2 is 1.54 bits per heavy atom. The summed E-state index contributed by atoms with van der Waals surface area (Å²) in [4.78, 5) is 28.6. The largest absolute Gasteiger partial charge is 0.494 e. The molecule has 9 nitrogen and oxygen atoms in total. The molecule has 8 rings (SSSR count). The van der Waals surface area contributed by atoms with E-state index in [0.717, 1.165) is 89.1 Å². The minimum atomic E-state index is -0.934. The first-order valence-corrected chi connectivity index (χ1v) is 22.1. The number of carboxylic acid groups (broad SMARTS) is 1. The third kappa shape index (κ3) is 9.43. The van der Waals surface area contributed by atoms with E-state index in [4.69, 9.17) is 21.1 Å². The SMILES string of the molecule is Cc1cc(OCCCc2c(C(=O)O)n(CCN3CCOCC3)c3c(-c4ccccc4Cn4cc(CCNC(=O)c5ccc(Br)cc5)c5ccccc54)cccc23)cc(C)c1Cl. The number of ether oxygens (including phenoxy) is 2. The van der Waals surface area contributed by atoms with Crippen LogP contribution in [0.3, 0.4) is 0 Å². The van der Waals surface area contributed by atoms with Crippen molar-refractivity contribution in [3.8, 4) is 16.9 Å². The predicted molar refractivity (Wildman–Crippen MR) is 248 cm³/mol. The van der Waals surface area contributed by atoms with Gasteiger partial charge in [-0.1, -0.05) is 88.2 Å². The minimum absolute atomic E-state index is 0.0975. The highest BCUT2D eigenvalue weighted by atomic mass is 79.9. The van der Waals surface area contributed by atoms with Crippen molar-refractivity contribution in [1.29, 1.82) is 0 Å². The first kappa shape index (κ1) is 42.3. The molecule has 1 saturated heterocycles. The molecule has 0 radical (unpaired) electrons. The van der Waals surface area contributed by atoms with Crippen LogP contribution in [0.4, 0.5) is 0 Å². The lowest BCUT2D eigenvalue weighted by Crippen LogP contribution is -2.38. The summed E-state index contributed by atoms with van der Waals surface area (Å²) in [6.45, 7) is 9.70. The lowest BCUT2D eigenvalue weighted by Gasteiger charge is -2.27. The van der Waals surface area contributed by atoms with E-state index in [2.05, 4.69) is 104 Å². The van der Waals surface area contributed by atoms with Crippen LogP contribution in [-0.2, 0) is 30.7 Å². The summed E-state index contributed by atoms with van der Waals surface area (Å²) in [6.07, 6.45) is 4.06. The van der Waals surface area contributed by atoms with Gasteiger partial charge in [0.05, 0.1) is 25.3 Å². The molecule has 314 valence electrons. The Kier molecular flexibility index (Phi) is 13.3. The van der Waals surface area contributed by atoms with Gasteiger partial charge in [0.1, 0.15) is 11.4 Å². The minimum Gasteiger partial charge on any atom is -0.494 e. The Morgan fingerprint density at radius 3 is 2.31 bits per heavy atom. The molecule has 7 aromatic rings. The molecule has 0 atom stereocenters. The number of aromatic carboxylic acids is 1. The van der Waals surface area contributed by atoms with E-state index in [-0.39, 0.29) is 5.91 Å². The number of aryl methyl sites for hydroxylation is 3. The number of carbonyl (C=O) groups excluding carboxylic acids is 1. The quantitative estimate of drug-likeness (QED) is 0.0938. The zero-order chi connectivity index (χ0) is 42.5. The maximum Gasteiger partial charge on any atom is 0.352 e. The van der Waals surface area contributed by atoms with Gasteiger partial charge in [-0.3, -0.25) is 9.69 Å². The fraction of sp³-hybridized carbons (Fsp3) is 0.280. The van der Waals surface area contributed by atoms with Crippen molar-refractivity contribution in [2.75, 3.05) is 46.0 Å². The third-order valence-corrected chi connectivity index (χ3v) is 12.8. The molecule has 1 aliphatic rings. The topological polar surface area (TPSA) is 98.0 Å². The van der Waals surface area contributed by atoms with Gasteiger partial charge in [0.25, 0.3) is 5.91 Å². The van der Waals surface area contributed by atoms with Crippen LogP contribution >= 0.6 is 27.5 Å². The lowest BCUT2D eigenvalue weighted by molar-refractivity contribution is 0.0362. The van der Waals surface area contributed by atoms with Crippen molar-refractivity contribution >= 4 is 61.2 Å². The van der Waals surface area contributed by atoms with E-state index in [9.17, 15) is 14.7 Å². The number of amides is 1. The van der Waals surface area contributed by atoms with Crippen molar-refractivity contribution < 1.29 is 24.2 Å². The van der Waals surface area contributed by atoms with Crippen LogP contribution in [-0.4, -0.2) is 77.0 Å². The molecule has 0 unspecified atom stereocenters. The number of nitrogens with one attached hydrogen (secondary N) is 1. The van der Waals surface area contributed by atoms with E-state index in [0.29, 0.717) is 76.5 Å². The molecule has 1 amide bonds. The maximum absolute atomic E-state index is 13.4. The Labute approximate surface area is 370 Å². The maximum atomic E-state index is 13.4. The molecule has 0 saturated carbocycles. The monoisotopic (exact) mass is 900 g/mol.